The molecule has 0 aliphatic rings. The fourth-order valence-corrected chi connectivity index (χ4v) is 3.76. The van der Waals surface area contributed by atoms with Crippen LogP contribution in [-0.4, -0.2) is 14.1 Å². The van der Waals surface area contributed by atoms with Crippen LogP contribution in [0, 0.1) is 0 Å². The Morgan fingerprint density at radius 3 is 1.52 bits per heavy atom. The summed E-state index contributed by atoms with van der Waals surface area (Å²) in [7, 11) is 4.18. The Morgan fingerprint density at radius 1 is 0.696 bits per heavy atom. The standard InChI is InChI=1S/C22H31N/c1-7-21(3,18-12-10-9-11-13-18)22(4,8-2)19-14-16-20(17-15-19)23(5)6/h9-17H,7-8H2,1-6H3/t21-,22+/m1/s1. The van der Waals surface area contributed by atoms with Crippen LogP contribution >= 0.6 is 0 Å². The first-order valence-corrected chi connectivity index (χ1v) is 8.72. The minimum absolute atomic E-state index is 0.105. The van der Waals surface area contributed by atoms with Gasteiger partial charge in [-0.15, -0.1) is 0 Å². The molecule has 2 aromatic carbocycles. The van der Waals surface area contributed by atoms with Crippen LogP contribution in [0.2, 0.25) is 0 Å². The Balaban J connectivity index is 2.53. The molecule has 2 atom stereocenters. The molecule has 124 valence electrons. The van der Waals surface area contributed by atoms with Crippen LogP contribution in [-0.2, 0) is 10.8 Å². The first kappa shape index (κ1) is 17.6. The van der Waals surface area contributed by atoms with E-state index in [0.717, 1.165) is 12.8 Å². The quantitative estimate of drug-likeness (QED) is 0.653. The molecular weight excluding hydrogens is 278 g/mol. The summed E-state index contributed by atoms with van der Waals surface area (Å²) in [6, 6.07) is 20.1. The monoisotopic (exact) mass is 309 g/mol. The third kappa shape index (κ3) is 3.02. The van der Waals surface area contributed by atoms with Gasteiger partial charge < -0.3 is 4.90 Å². The van der Waals surface area contributed by atoms with Gasteiger partial charge in [0.05, 0.1) is 0 Å². The molecule has 0 fully saturated rings. The van der Waals surface area contributed by atoms with Crippen molar-refractivity contribution in [3.05, 3.63) is 65.7 Å². The molecule has 0 saturated carbocycles. The van der Waals surface area contributed by atoms with E-state index >= 15 is 0 Å². The maximum absolute atomic E-state index is 2.42. The summed E-state index contributed by atoms with van der Waals surface area (Å²) in [4.78, 5) is 2.16. The highest BCUT2D eigenvalue weighted by Crippen LogP contribution is 2.48. The van der Waals surface area contributed by atoms with E-state index in [-0.39, 0.29) is 10.8 Å². The molecule has 0 spiro atoms. The van der Waals surface area contributed by atoms with Gasteiger partial charge in [-0.2, -0.15) is 0 Å². The topological polar surface area (TPSA) is 3.24 Å². The molecule has 0 heterocycles. The second-order valence-corrected chi connectivity index (χ2v) is 7.18. The number of hydrogen-bond donors (Lipinski definition) is 0. The summed E-state index contributed by atoms with van der Waals surface area (Å²) < 4.78 is 0. The molecule has 0 amide bonds. The third-order valence-corrected chi connectivity index (χ3v) is 6.06. The highest BCUT2D eigenvalue weighted by molar-refractivity contribution is 5.48. The van der Waals surface area contributed by atoms with Crippen LogP contribution in [0.3, 0.4) is 0 Å². The molecule has 1 nitrogen and oxygen atoms in total. The molecule has 23 heavy (non-hydrogen) atoms. The SMILES string of the molecule is CC[C@@](C)(c1ccc(N(C)C)cc1)[C@](C)(CC)c1ccccc1. The van der Waals surface area contributed by atoms with Gasteiger partial charge in [0.2, 0.25) is 0 Å². The first-order valence-electron chi connectivity index (χ1n) is 8.72. The van der Waals surface area contributed by atoms with E-state index in [1.165, 1.54) is 16.8 Å². The van der Waals surface area contributed by atoms with Gasteiger partial charge in [-0.1, -0.05) is 70.2 Å². The second-order valence-electron chi connectivity index (χ2n) is 7.18. The summed E-state index contributed by atoms with van der Waals surface area (Å²) in [5.74, 6) is 0. The molecular formula is C22H31N. The van der Waals surface area contributed by atoms with Gasteiger partial charge in [0, 0.05) is 30.6 Å². The van der Waals surface area contributed by atoms with Gasteiger partial charge in [0.1, 0.15) is 0 Å². The molecule has 2 rings (SSSR count). The average molecular weight is 309 g/mol. The minimum Gasteiger partial charge on any atom is -0.378 e. The smallest absolute Gasteiger partial charge is 0.0361 e. The molecule has 0 radical (unpaired) electrons. The Morgan fingerprint density at radius 2 is 1.13 bits per heavy atom. The molecule has 0 aromatic heterocycles. The lowest BCUT2D eigenvalue weighted by atomic mass is 9.56. The molecule has 0 aliphatic carbocycles. The van der Waals surface area contributed by atoms with Crippen LogP contribution in [0.4, 0.5) is 5.69 Å². The molecule has 0 saturated heterocycles. The Hall–Kier alpha value is -1.76. The van der Waals surface area contributed by atoms with Crippen molar-refractivity contribution in [3.8, 4) is 0 Å². The zero-order chi connectivity index (χ0) is 17.1. The van der Waals surface area contributed by atoms with Crippen LogP contribution in [0.5, 0.6) is 0 Å². The van der Waals surface area contributed by atoms with E-state index in [4.69, 9.17) is 0 Å². The fraction of sp³-hybridized carbons (Fsp3) is 0.455. The molecule has 0 aliphatic heterocycles. The van der Waals surface area contributed by atoms with Gasteiger partial charge in [-0.3, -0.25) is 0 Å². The van der Waals surface area contributed by atoms with Crippen molar-refractivity contribution in [3.63, 3.8) is 0 Å². The summed E-state index contributed by atoms with van der Waals surface area (Å²) in [6.45, 7) is 9.48. The molecule has 0 N–H and O–H groups in total. The van der Waals surface area contributed by atoms with Gasteiger partial charge in [-0.05, 0) is 36.1 Å². The van der Waals surface area contributed by atoms with Crippen molar-refractivity contribution >= 4 is 5.69 Å². The summed E-state index contributed by atoms with van der Waals surface area (Å²) >= 11 is 0. The molecule has 0 bridgehead atoms. The molecule has 2 aromatic rings. The van der Waals surface area contributed by atoms with Crippen LogP contribution in [0.25, 0.3) is 0 Å². The van der Waals surface area contributed by atoms with E-state index in [1.54, 1.807) is 0 Å². The Labute approximate surface area is 142 Å². The van der Waals surface area contributed by atoms with E-state index in [1.807, 2.05) is 0 Å². The van der Waals surface area contributed by atoms with E-state index in [9.17, 15) is 0 Å². The Bertz CT molecular complexity index is 614. The van der Waals surface area contributed by atoms with E-state index in [0.29, 0.717) is 0 Å². The van der Waals surface area contributed by atoms with Crippen molar-refractivity contribution in [1.82, 2.24) is 0 Å². The van der Waals surface area contributed by atoms with E-state index in [2.05, 4.69) is 101 Å². The molecule has 1 heteroatoms. The van der Waals surface area contributed by atoms with Gasteiger partial charge >= 0.3 is 0 Å². The number of anilines is 1. The summed E-state index contributed by atoms with van der Waals surface area (Å²) in [6.07, 6.45) is 2.24. The highest BCUT2D eigenvalue weighted by Gasteiger charge is 2.44. The average Bonchev–Trinajstić information content (AvgIpc) is 2.61. The van der Waals surface area contributed by atoms with Gasteiger partial charge in [0.25, 0.3) is 0 Å². The zero-order valence-electron chi connectivity index (χ0n) is 15.6. The maximum atomic E-state index is 2.42. The van der Waals surface area contributed by atoms with Crippen molar-refractivity contribution < 1.29 is 0 Å². The van der Waals surface area contributed by atoms with Crippen molar-refractivity contribution in [2.75, 3.05) is 19.0 Å². The summed E-state index contributed by atoms with van der Waals surface area (Å²) in [5, 5.41) is 0. The molecule has 0 unspecified atom stereocenters. The highest BCUT2D eigenvalue weighted by atomic mass is 15.1. The van der Waals surface area contributed by atoms with Crippen molar-refractivity contribution in [1.29, 1.82) is 0 Å². The van der Waals surface area contributed by atoms with Crippen molar-refractivity contribution in [2.45, 2.75) is 51.4 Å². The lowest BCUT2D eigenvalue weighted by molar-refractivity contribution is 0.235. The first-order chi connectivity index (χ1) is 10.9. The minimum atomic E-state index is 0.105. The number of benzene rings is 2. The fourth-order valence-electron chi connectivity index (χ4n) is 3.76. The lowest BCUT2D eigenvalue weighted by Crippen LogP contribution is -2.44. The van der Waals surface area contributed by atoms with Crippen LogP contribution in [0.15, 0.2) is 54.6 Å². The predicted molar refractivity (Wildman–Crippen MR) is 102 cm³/mol. The van der Waals surface area contributed by atoms with Crippen LogP contribution < -0.4 is 4.90 Å². The number of rotatable bonds is 6. The predicted octanol–water partition coefficient (Wildman–Crippen LogP) is 5.79. The van der Waals surface area contributed by atoms with E-state index < -0.39 is 0 Å². The number of hydrogen-bond acceptors (Lipinski definition) is 1. The maximum Gasteiger partial charge on any atom is 0.0361 e. The summed E-state index contributed by atoms with van der Waals surface area (Å²) in [5.41, 5.74) is 4.34. The third-order valence-electron chi connectivity index (χ3n) is 6.06. The number of nitrogens with zero attached hydrogens (tertiary/aromatic N) is 1. The second kappa shape index (κ2) is 6.78. The van der Waals surface area contributed by atoms with Gasteiger partial charge in [0.15, 0.2) is 0 Å². The largest absolute Gasteiger partial charge is 0.378 e. The normalized spacial score (nSPS) is 16.4. The zero-order valence-corrected chi connectivity index (χ0v) is 15.6. The van der Waals surface area contributed by atoms with Gasteiger partial charge in [-0.25, -0.2) is 0 Å². The lowest BCUT2D eigenvalue weighted by Gasteiger charge is -2.47. The van der Waals surface area contributed by atoms with Crippen molar-refractivity contribution in [2.24, 2.45) is 0 Å². The van der Waals surface area contributed by atoms with Crippen LogP contribution in [0.1, 0.15) is 51.7 Å². The Kier molecular flexibility index (Phi) is 5.19.